The Bertz CT molecular complexity index is 1230. The Labute approximate surface area is 201 Å². The van der Waals surface area contributed by atoms with E-state index in [0.29, 0.717) is 16.9 Å². The van der Waals surface area contributed by atoms with Gasteiger partial charge in [-0.05, 0) is 55.0 Å². The standard InChI is InChI=1S/C25H22ClN3O5/c1-16-7-10-18(11-8-16)24(31)27-15-23(30)29-28-14-17-9-12-21(22(13-17)33-2)34-25(32)19-5-3-4-6-20(19)26/h3-14H,15H2,1-2H3,(H,27,31)(H,29,30). The maximum Gasteiger partial charge on any atom is 0.345 e. The number of hydrogen-bond donors (Lipinski definition) is 2. The Morgan fingerprint density at radius 1 is 1.00 bits per heavy atom. The van der Waals surface area contributed by atoms with Crippen LogP contribution in [0.1, 0.15) is 31.8 Å². The summed E-state index contributed by atoms with van der Waals surface area (Å²) in [6.07, 6.45) is 1.39. The summed E-state index contributed by atoms with van der Waals surface area (Å²) in [5, 5.41) is 6.68. The Morgan fingerprint density at radius 3 is 2.44 bits per heavy atom. The summed E-state index contributed by atoms with van der Waals surface area (Å²) in [4.78, 5) is 36.4. The first-order chi connectivity index (χ1) is 16.4. The summed E-state index contributed by atoms with van der Waals surface area (Å²) in [6.45, 7) is 1.69. The molecule has 0 aliphatic carbocycles. The monoisotopic (exact) mass is 479 g/mol. The van der Waals surface area contributed by atoms with E-state index in [4.69, 9.17) is 21.1 Å². The highest BCUT2D eigenvalue weighted by Gasteiger charge is 2.15. The zero-order valence-electron chi connectivity index (χ0n) is 18.5. The van der Waals surface area contributed by atoms with Crippen LogP contribution in [0.25, 0.3) is 0 Å². The number of benzene rings is 3. The minimum atomic E-state index is -0.620. The van der Waals surface area contributed by atoms with Crippen LogP contribution in [0.3, 0.4) is 0 Å². The van der Waals surface area contributed by atoms with Gasteiger partial charge in [0.25, 0.3) is 11.8 Å². The van der Waals surface area contributed by atoms with Gasteiger partial charge in [-0.15, -0.1) is 0 Å². The molecular formula is C25H22ClN3O5. The highest BCUT2D eigenvalue weighted by Crippen LogP contribution is 2.29. The molecule has 3 rings (SSSR count). The van der Waals surface area contributed by atoms with E-state index in [2.05, 4.69) is 15.8 Å². The maximum atomic E-state index is 12.4. The molecule has 0 aliphatic heterocycles. The zero-order valence-corrected chi connectivity index (χ0v) is 19.3. The van der Waals surface area contributed by atoms with Crippen LogP contribution in [0.4, 0.5) is 0 Å². The lowest BCUT2D eigenvalue weighted by molar-refractivity contribution is -0.120. The van der Waals surface area contributed by atoms with E-state index in [1.807, 2.05) is 19.1 Å². The number of aryl methyl sites for hydroxylation is 1. The lowest BCUT2D eigenvalue weighted by Gasteiger charge is -2.10. The predicted molar refractivity (Wildman–Crippen MR) is 129 cm³/mol. The Kier molecular flexibility index (Phi) is 8.37. The zero-order chi connectivity index (χ0) is 24.5. The van der Waals surface area contributed by atoms with Gasteiger partial charge in [0, 0.05) is 5.56 Å². The molecule has 174 valence electrons. The number of nitrogens with zero attached hydrogens (tertiary/aromatic N) is 1. The van der Waals surface area contributed by atoms with E-state index in [9.17, 15) is 14.4 Å². The van der Waals surface area contributed by atoms with Crippen molar-refractivity contribution in [3.63, 3.8) is 0 Å². The van der Waals surface area contributed by atoms with Gasteiger partial charge in [-0.2, -0.15) is 5.10 Å². The molecule has 0 atom stereocenters. The summed E-state index contributed by atoms with van der Waals surface area (Å²) < 4.78 is 10.7. The maximum absolute atomic E-state index is 12.4. The number of hydrazone groups is 1. The molecule has 8 nitrogen and oxygen atoms in total. The fraction of sp³-hybridized carbons (Fsp3) is 0.120. The Hall–Kier alpha value is -4.17. The Balaban J connectivity index is 1.55. The number of methoxy groups -OCH3 is 1. The van der Waals surface area contributed by atoms with Crippen molar-refractivity contribution >= 4 is 35.6 Å². The van der Waals surface area contributed by atoms with Gasteiger partial charge in [-0.25, -0.2) is 10.2 Å². The third-order valence-electron chi connectivity index (χ3n) is 4.61. The fourth-order valence-electron chi connectivity index (χ4n) is 2.82. The third-order valence-corrected chi connectivity index (χ3v) is 4.94. The molecule has 0 bridgehead atoms. The molecule has 0 saturated carbocycles. The van der Waals surface area contributed by atoms with Crippen molar-refractivity contribution in [2.24, 2.45) is 5.10 Å². The van der Waals surface area contributed by atoms with Gasteiger partial charge in [0.15, 0.2) is 11.5 Å². The van der Waals surface area contributed by atoms with Crippen LogP contribution in [0.5, 0.6) is 11.5 Å². The first-order valence-corrected chi connectivity index (χ1v) is 10.6. The van der Waals surface area contributed by atoms with E-state index in [1.165, 1.54) is 13.3 Å². The molecule has 0 aliphatic rings. The van der Waals surface area contributed by atoms with Crippen LogP contribution in [-0.2, 0) is 4.79 Å². The van der Waals surface area contributed by atoms with Gasteiger partial charge in [0.1, 0.15) is 0 Å². The fourth-order valence-corrected chi connectivity index (χ4v) is 3.03. The van der Waals surface area contributed by atoms with Crippen molar-refractivity contribution in [3.8, 4) is 11.5 Å². The Morgan fingerprint density at radius 2 is 1.74 bits per heavy atom. The molecule has 34 heavy (non-hydrogen) atoms. The normalized spacial score (nSPS) is 10.6. The van der Waals surface area contributed by atoms with Crippen LogP contribution in [0.15, 0.2) is 71.8 Å². The number of carbonyl (C=O) groups excluding carboxylic acids is 3. The topological polar surface area (TPSA) is 106 Å². The molecule has 0 radical (unpaired) electrons. The molecule has 3 aromatic rings. The van der Waals surface area contributed by atoms with Gasteiger partial charge >= 0.3 is 5.97 Å². The van der Waals surface area contributed by atoms with E-state index in [0.717, 1.165) is 5.56 Å². The van der Waals surface area contributed by atoms with Crippen LogP contribution in [0, 0.1) is 6.92 Å². The number of halogens is 1. The van der Waals surface area contributed by atoms with Crippen molar-refractivity contribution in [2.75, 3.05) is 13.7 Å². The second kappa shape index (κ2) is 11.6. The van der Waals surface area contributed by atoms with Crippen LogP contribution in [-0.4, -0.2) is 37.7 Å². The molecule has 2 N–H and O–H groups in total. The van der Waals surface area contributed by atoms with E-state index < -0.39 is 11.9 Å². The van der Waals surface area contributed by atoms with Crippen molar-refractivity contribution in [1.29, 1.82) is 0 Å². The lowest BCUT2D eigenvalue weighted by Crippen LogP contribution is -2.34. The van der Waals surface area contributed by atoms with Crippen LogP contribution >= 0.6 is 11.6 Å². The van der Waals surface area contributed by atoms with Gasteiger partial charge in [0.05, 0.1) is 30.5 Å². The lowest BCUT2D eigenvalue weighted by atomic mass is 10.1. The summed E-state index contributed by atoms with van der Waals surface area (Å²) in [5.74, 6) is -0.974. The van der Waals surface area contributed by atoms with E-state index in [-0.39, 0.29) is 28.8 Å². The van der Waals surface area contributed by atoms with Gasteiger partial charge in [-0.1, -0.05) is 41.4 Å². The second-order valence-electron chi connectivity index (χ2n) is 7.12. The molecule has 2 amide bonds. The molecule has 0 saturated heterocycles. The SMILES string of the molecule is COc1cc(C=NNC(=O)CNC(=O)c2ccc(C)cc2)ccc1OC(=O)c1ccccc1Cl. The third kappa shape index (κ3) is 6.66. The van der Waals surface area contributed by atoms with Crippen LogP contribution in [0.2, 0.25) is 5.02 Å². The summed E-state index contributed by atoms with van der Waals surface area (Å²) >= 11 is 6.04. The predicted octanol–water partition coefficient (Wildman–Crippen LogP) is 3.76. The first kappa shape index (κ1) is 24.5. The average Bonchev–Trinajstić information content (AvgIpc) is 2.84. The molecular weight excluding hydrogens is 458 g/mol. The molecule has 9 heteroatoms. The van der Waals surface area contributed by atoms with Crippen molar-refractivity contribution in [2.45, 2.75) is 6.92 Å². The highest BCUT2D eigenvalue weighted by atomic mass is 35.5. The van der Waals surface area contributed by atoms with Crippen molar-refractivity contribution < 1.29 is 23.9 Å². The summed E-state index contributed by atoms with van der Waals surface area (Å²) in [7, 11) is 1.43. The van der Waals surface area contributed by atoms with Crippen LogP contribution < -0.4 is 20.2 Å². The van der Waals surface area contributed by atoms with Gasteiger partial charge in [0.2, 0.25) is 0 Å². The van der Waals surface area contributed by atoms with Gasteiger partial charge in [-0.3, -0.25) is 9.59 Å². The van der Waals surface area contributed by atoms with Gasteiger partial charge < -0.3 is 14.8 Å². The number of rotatable bonds is 8. The quantitative estimate of drug-likeness (QED) is 0.221. The number of hydrogen-bond acceptors (Lipinski definition) is 6. The first-order valence-electron chi connectivity index (χ1n) is 10.2. The number of carbonyl (C=O) groups is 3. The number of esters is 1. The van der Waals surface area contributed by atoms with E-state index >= 15 is 0 Å². The number of amides is 2. The highest BCUT2D eigenvalue weighted by molar-refractivity contribution is 6.33. The largest absolute Gasteiger partial charge is 0.493 e. The molecule has 0 unspecified atom stereocenters. The minimum absolute atomic E-state index is 0.201. The molecule has 0 heterocycles. The molecule has 0 spiro atoms. The number of nitrogens with one attached hydrogen (secondary N) is 2. The molecule has 0 aromatic heterocycles. The molecule has 3 aromatic carbocycles. The average molecular weight is 480 g/mol. The van der Waals surface area contributed by atoms with Crippen molar-refractivity contribution in [1.82, 2.24) is 10.7 Å². The summed E-state index contributed by atoms with van der Waals surface area (Å²) in [5.41, 5.74) is 4.64. The number of ether oxygens (including phenoxy) is 2. The minimum Gasteiger partial charge on any atom is -0.493 e. The smallest absolute Gasteiger partial charge is 0.345 e. The van der Waals surface area contributed by atoms with E-state index in [1.54, 1.807) is 54.6 Å². The van der Waals surface area contributed by atoms with Crippen molar-refractivity contribution in [3.05, 3.63) is 94.0 Å². The second-order valence-corrected chi connectivity index (χ2v) is 7.53. The summed E-state index contributed by atoms with van der Waals surface area (Å²) in [6, 6.07) is 18.3. The molecule has 0 fully saturated rings.